The summed E-state index contributed by atoms with van der Waals surface area (Å²) in [5.41, 5.74) is 8.16. The Hall–Kier alpha value is -0.680. The Bertz CT molecular complexity index is 613. The normalized spacial score (nSPS) is 12.6. The Morgan fingerprint density at radius 1 is 1.33 bits per heavy atom. The van der Waals surface area contributed by atoms with Crippen LogP contribution in [0.4, 0.5) is 0 Å². The maximum absolute atomic E-state index is 6.35. The first-order valence-electron chi connectivity index (χ1n) is 6.86. The van der Waals surface area contributed by atoms with E-state index < -0.39 is 0 Å². The summed E-state index contributed by atoms with van der Waals surface area (Å²) in [6, 6.07) is 7.80. The van der Waals surface area contributed by atoms with Gasteiger partial charge >= 0.3 is 0 Å². The molecule has 0 spiro atoms. The first kappa shape index (κ1) is 16.7. The molecule has 0 aliphatic carbocycles. The molecule has 1 atom stereocenters. The van der Waals surface area contributed by atoms with Gasteiger partial charge in [-0.15, -0.1) is 11.8 Å². The number of hydrogen-bond donors (Lipinski definition) is 1. The molecule has 2 aromatic rings. The third-order valence-electron chi connectivity index (χ3n) is 3.25. The highest BCUT2D eigenvalue weighted by molar-refractivity contribution is 7.99. The van der Waals surface area contributed by atoms with E-state index in [0.29, 0.717) is 6.42 Å². The molecule has 2 rings (SSSR count). The lowest BCUT2D eigenvalue weighted by atomic mass is 10.2. The topological polar surface area (TPSA) is 43.8 Å². The maximum atomic E-state index is 6.35. The molecular formula is C15H19Cl2N3S. The number of nitrogens with two attached hydrogens (primary N) is 1. The maximum Gasteiger partial charge on any atom is 0.0850 e. The van der Waals surface area contributed by atoms with Gasteiger partial charge in [0.15, 0.2) is 0 Å². The summed E-state index contributed by atoms with van der Waals surface area (Å²) < 4.78 is 1.83. The summed E-state index contributed by atoms with van der Waals surface area (Å²) in [5.74, 6) is 0.784. The molecule has 0 amide bonds. The number of nitrogens with zero attached hydrogens (tertiary/aromatic N) is 2. The highest BCUT2D eigenvalue weighted by Gasteiger charge is 2.16. The molecule has 1 heterocycles. The Labute approximate surface area is 139 Å². The number of rotatable bonds is 6. The molecule has 114 valence electrons. The van der Waals surface area contributed by atoms with Crippen molar-refractivity contribution in [2.24, 2.45) is 12.8 Å². The zero-order valence-corrected chi connectivity index (χ0v) is 14.5. The molecule has 3 nitrogen and oxygen atoms in total. The monoisotopic (exact) mass is 343 g/mol. The predicted octanol–water partition coefficient (Wildman–Crippen LogP) is 3.95. The van der Waals surface area contributed by atoms with Crippen LogP contribution in [0.25, 0.3) is 0 Å². The van der Waals surface area contributed by atoms with E-state index in [1.165, 1.54) is 0 Å². The molecule has 21 heavy (non-hydrogen) atoms. The van der Waals surface area contributed by atoms with E-state index >= 15 is 0 Å². The molecule has 1 unspecified atom stereocenters. The number of aryl methyl sites for hydroxylation is 2. The molecule has 0 bridgehead atoms. The largest absolute Gasteiger partial charge is 0.327 e. The van der Waals surface area contributed by atoms with E-state index in [2.05, 4.69) is 5.10 Å². The van der Waals surface area contributed by atoms with E-state index in [9.17, 15) is 0 Å². The van der Waals surface area contributed by atoms with Crippen molar-refractivity contribution in [1.29, 1.82) is 0 Å². The summed E-state index contributed by atoms with van der Waals surface area (Å²) in [5, 5.41) is 5.93. The van der Waals surface area contributed by atoms with E-state index in [1.54, 1.807) is 11.8 Å². The van der Waals surface area contributed by atoms with Gasteiger partial charge in [0.25, 0.3) is 0 Å². The van der Waals surface area contributed by atoms with Gasteiger partial charge in [0.05, 0.1) is 21.4 Å². The number of halogens is 2. The quantitative estimate of drug-likeness (QED) is 0.807. The van der Waals surface area contributed by atoms with Crippen molar-refractivity contribution in [2.75, 3.05) is 5.75 Å². The fourth-order valence-electron chi connectivity index (χ4n) is 2.11. The second kappa shape index (κ2) is 7.54. The smallest absolute Gasteiger partial charge is 0.0850 e. The third-order valence-corrected chi connectivity index (χ3v) is 5.39. The highest BCUT2D eigenvalue weighted by atomic mass is 35.5. The van der Waals surface area contributed by atoms with Crippen LogP contribution in [0.5, 0.6) is 0 Å². The van der Waals surface area contributed by atoms with Crippen LogP contribution in [0.3, 0.4) is 0 Å². The lowest BCUT2D eigenvalue weighted by molar-refractivity contribution is 0.650. The molecule has 2 N–H and O–H groups in total. The van der Waals surface area contributed by atoms with Gasteiger partial charge in [-0.2, -0.15) is 5.10 Å². The molecule has 0 saturated carbocycles. The van der Waals surface area contributed by atoms with Crippen LogP contribution in [-0.2, 0) is 19.9 Å². The Kier molecular flexibility index (Phi) is 5.99. The van der Waals surface area contributed by atoms with Crippen LogP contribution in [-0.4, -0.2) is 21.6 Å². The SMILES string of the molecule is CCc1nn(C)c(CC(N)CSc2ccccc2Cl)c1Cl. The van der Waals surface area contributed by atoms with Crippen molar-refractivity contribution in [2.45, 2.75) is 30.7 Å². The van der Waals surface area contributed by atoms with Crippen molar-refractivity contribution in [3.8, 4) is 0 Å². The van der Waals surface area contributed by atoms with E-state index in [-0.39, 0.29) is 6.04 Å². The number of thioether (sulfide) groups is 1. The van der Waals surface area contributed by atoms with Gasteiger partial charge in [-0.3, -0.25) is 4.68 Å². The van der Waals surface area contributed by atoms with Crippen molar-refractivity contribution in [3.63, 3.8) is 0 Å². The van der Waals surface area contributed by atoms with Crippen LogP contribution >= 0.6 is 35.0 Å². The summed E-state index contributed by atoms with van der Waals surface area (Å²) in [7, 11) is 1.91. The van der Waals surface area contributed by atoms with Gasteiger partial charge in [0.1, 0.15) is 0 Å². The minimum atomic E-state index is 0.00359. The van der Waals surface area contributed by atoms with Crippen LogP contribution < -0.4 is 5.73 Å². The molecule has 0 fully saturated rings. The fraction of sp³-hybridized carbons (Fsp3) is 0.400. The second-order valence-corrected chi connectivity index (χ2v) is 6.74. The van der Waals surface area contributed by atoms with E-state index in [4.69, 9.17) is 28.9 Å². The molecular weight excluding hydrogens is 325 g/mol. The van der Waals surface area contributed by atoms with E-state index in [1.807, 2.05) is 42.9 Å². The van der Waals surface area contributed by atoms with Gasteiger partial charge < -0.3 is 5.73 Å². The molecule has 0 saturated heterocycles. The minimum Gasteiger partial charge on any atom is -0.327 e. The van der Waals surface area contributed by atoms with Crippen molar-refractivity contribution >= 4 is 35.0 Å². The number of aromatic nitrogens is 2. The average Bonchev–Trinajstić information content (AvgIpc) is 2.74. The average molecular weight is 344 g/mol. The second-order valence-electron chi connectivity index (χ2n) is 4.89. The molecule has 1 aromatic heterocycles. The summed E-state index contributed by atoms with van der Waals surface area (Å²) in [6.07, 6.45) is 1.54. The van der Waals surface area contributed by atoms with E-state index in [0.717, 1.165) is 38.5 Å². The van der Waals surface area contributed by atoms with Crippen LogP contribution in [0.15, 0.2) is 29.2 Å². The summed E-state index contributed by atoms with van der Waals surface area (Å²) >= 11 is 14.2. The van der Waals surface area contributed by atoms with Crippen LogP contribution in [0.1, 0.15) is 18.3 Å². The lowest BCUT2D eigenvalue weighted by Crippen LogP contribution is -2.26. The fourth-order valence-corrected chi connectivity index (χ4v) is 3.67. The number of benzene rings is 1. The Morgan fingerprint density at radius 2 is 2.05 bits per heavy atom. The number of hydrogen-bond acceptors (Lipinski definition) is 3. The molecule has 6 heteroatoms. The Balaban J connectivity index is 1.98. The molecule has 0 aliphatic heterocycles. The first-order valence-corrected chi connectivity index (χ1v) is 8.60. The van der Waals surface area contributed by atoms with Gasteiger partial charge in [-0.1, -0.05) is 42.3 Å². The van der Waals surface area contributed by atoms with Crippen LogP contribution in [0, 0.1) is 0 Å². The minimum absolute atomic E-state index is 0.00359. The summed E-state index contributed by atoms with van der Waals surface area (Å²) in [4.78, 5) is 1.06. The van der Waals surface area contributed by atoms with Crippen LogP contribution in [0.2, 0.25) is 10.0 Å². The standard InChI is InChI=1S/C15H19Cl2N3S/c1-3-12-15(17)13(20(2)19-12)8-10(18)9-21-14-7-5-4-6-11(14)16/h4-7,10H,3,8-9,18H2,1-2H3. The zero-order valence-electron chi connectivity index (χ0n) is 12.1. The van der Waals surface area contributed by atoms with Crippen molar-refractivity contribution in [1.82, 2.24) is 9.78 Å². The molecule has 0 aliphatic rings. The van der Waals surface area contributed by atoms with Gasteiger partial charge in [0.2, 0.25) is 0 Å². The molecule has 1 aromatic carbocycles. The first-order chi connectivity index (χ1) is 10.0. The summed E-state index contributed by atoms with van der Waals surface area (Å²) in [6.45, 7) is 2.05. The van der Waals surface area contributed by atoms with Gasteiger partial charge in [0, 0.05) is 30.2 Å². The van der Waals surface area contributed by atoms with Gasteiger partial charge in [-0.05, 0) is 18.6 Å². The zero-order chi connectivity index (χ0) is 15.4. The highest BCUT2D eigenvalue weighted by Crippen LogP contribution is 2.28. The van der Waals surface area contributed by atoms with Crippen molar-refractivity contribution < 1.29 is 0 Å². The predicted molar refractivity (Wildman–Crippen MR) is 91.5 cm³/mol. The lowest BCUT2D eigenvalue weighted by Gasteiger charge is -2.12. The third kappa shape index (κ3) is 4.16. The van der Waals surface area contributed by atoms with Crippen molar-refractivity contribution in [3.05, 3.63) is 45.7 Å². The molecule has 0 radical (unpaired) electrons. The Morgan fingerprint density at radius 3 is 2.67 bits per heavy atom. The van der Waals surface area contributed by atoms with Gasteiger partial charge in [-0.25, -0.2) is 0 Å².